The first-order valence-electron chi connectivity index (χ1n) is 7.74. The van der Waals surface area contributed by atoms with Gasteiger partial charge in [-0.3, -0.25) is 4.79 Å². The largest absolute Gasteiger partial charge is 0.480 e. The molecule has 3 heterocycles. The fourth-order valence-electron chi connectivity index (χ4n) is 2.68. The van der Waals surface area contributed by atoms with E-state index in [0.717, 1.165) is 17.3 Å². The van der Waals surface area contributed by atoms with Crippen LogP contribution in [0.1, 0.15) is 23.2 Å². The van der Waals surface area contributed by atoms with E-state index in [1.54, 1.807) is 24.5 Å². The number of nitrogens with zero attached hydrogens (tertiary/aromatic N) is 3. The molecule has 0 saturated carbocycles. The predicted octanol–water partition coefficient (Wildman–Crippen LogP) is 2.93. The molecule has 126 valence electrons. The number of aromatic nitrogens is 2. The molecule has 1 amide bonds. The van der Waals surface area contributed by atoms with Crippen LogP contribution in [0.3, 0.4) is 0 Å². The number of carbonyl (C=O) groups excluding carboxylic acids is 1. The first-order chi connectivity index (χ1) is 11.7. The van der Waals surface area contributed by atoms with Gasteiger partial charge in [0, 0.05) is 38.3 Å². The summed E-state index contributed by atoms with van der Waals surface area (Å²) in [5.74, 6) is 0.895. The molecule has 2 aromatic heterocycles. The molecular weight excluding hydrogens is 374 g/mol. The van der Waals surface area contributed by atoms with Crippen LogP contribution in [0.15, 0.2) is 41.1 Å². The second-order valence-corrected chi connectivity index (χ2v) is 6.31. The quantitative estimate of drug-likeness (QED) is 0.801. The number of hydrogen-bond acceptors (Lipinski definition) is 5. The highest BCUT2D eigenvalue weighted by Crippen LogP contribution is 2.25. The van der Waals surface area contributed by atoms with Gasteiger partial charge in [-0.25, -0.2) is 9.97 Å². The van der Waals surface area contributed by atoms with E-state index in [0.29, 0.717) is 30.4 Å². The van der Waals surface area contributed by atoms with Gasteiger partial charge >= 0.3 is 0 Å². The highest BCUT2D eigenvalue weighted by atomic mass is 79.9. The zero-order valence-corrected chi connectivity index (χ0v) is 14.9. The molecular formula is C17H18BrN3O3. The third kappa shape index (κ3) is 3.67. The van der Waals surface area contributed by atoms with Crippen molar-refractivity contribution in [1.29, 1.82) is 0 Å². The average Bonchev–Trinajstić information content (AvgIpc) is 2.63. The lowest BCUT2D eigenvalue weighted by Crippen LogP contribution is -2.42. The zero-order valence-electron chi connectivity index (χ0n) is 13.3. The Morgan fingerprint density at radius 2 is 1.83 bits per heavy atom. The van der Waals surface area contributed by atoms with Crippen molar-refractivity contribution in [3.63, 3.8) is 0 Å². The van der Waals surface area contributed by atoms with Crippen LogP contribution in [0.4, 0.5) is 0 Å². The standard InChI is InChI=1S/C17H18BrN3O3/c1-23-15-13(4-2-8-19-15)17(22)21-10-6-12(7-11-21)24-16-14(18)5-3-9-20-16/h2-5,8-9,12H,6-7,10-11H2,1H3. The Labute approximate surface area is 148 Å². The predicted molar refractivity (Wildman–Crippen MR) is 92.3 cm³/mol. The summed E-state index contributed by atoms with van der Waals surface area (Å²) in [6.45, 7) is 1.26. The monoisotopic (exact) mass is 391 g/mol. The highest BCUT2D eigenvalue weighted by Gasteiger charge is 2.27. The van der Waals surface area contributed by atoms with E-state index >= 15 is 0 Å². The Kier molecular flexibility index (Phi) is 5.30. The van der Waals surface area contributed by atoms with Gasteiger partial charge in [0.25, 0.3) is 5.91 Å². The number of methoxy groups -OCH3 is 1. The molecule has 0 bridgehead atoms. The summed E-state index contributed by atoms with van der Waals surface area (Å²) in [6, 6.07) is 7.22. The van der Waals surface area contributed by atoms with Crippen molar-refractivity contribution in [2.24, 2.45) is 0 Å². The Hall–Kier alpha value is -2.15. The first kappa shape index (κ1) is 16.7. The van der Waals surface area contributed by atoms with Crippen LogP contribution in [0.2, 0.25) is 0 Å². The number of ether oxygens (including phenoxy) is 2. The second kappa shape index (κ2) is 7.61. The zero-order chi connectivity index (χ0) is 16.9. The Morgan fingerprint density at radius 3 is 2.50 bits per heavy atom. The van der Waals surface area contributed by atoms with E-state index in [1.165, 1.54) is 7.11 Å². The summed E-state index contributed by atoms with van der Waals surface area (Å²) in [7, 11) is 1.52. The molecule has 24 heavy (non-hydrogen) atoms. The maximum atomic E-state index is 12.6. The van der Waals surface area contributed by atoms with Gasteiger partial charge in [-0.05, 0) is 40.2 Å². The van der Waals surface area contributed by atoms with Crippen LogP contribution in [-0.4, -0.2) is 47.1 Å². The number of carbonyl (C=O) groups is 1. The molecule has 0 radical (unpaired) electrons. The van der Waals surface area contributed by atoms with Gasteiger partial charge in [0.1, 0.15) is 11.7 Å². The van der Waals surface area contributed by atoms with E-state index in [-0.39, 0.29) is 12.0 Å². The summed E-state index contributed by atoms with van der Waals surface area (Å²) in [5, 5.41) is 0. The number of likely N-dealkylation sites (tertiary alicyclic amines) is 1. The van der Waals surface area contributed by atoms with Crippen LogP contribution in [0.25, 0.3) is 0 Å². The van der Waals surface area contributed by atoms with Gasteiger partial charge in [0.2, 0.25) is 11.8 Å². The smallest absolute Gasteiger partial charge is 0.259 e. The summed E-state index contributed by atoms with van der Waals surface area (Å²) in [4.78, 5) is 22.8. The first-order valence-corrected chi connectivity index (χ1v) is 8.54. The third-order valence-electron chi connectivity index (χ3n) is 3.93. The van der Waals surface area contributed by atoms with Crippen molar-refractivity contribution < 1.29 is 14.3 Å². The molecule has 1 aliphatic heterocycles. The SMILES string of the molecule is COc1ncccc1C(=O)N1CCC(Oc2ncccc2Br)CC1. The van der Waals surface area contributed by atoms with Gasteiger partial charge in [-0.1, -0.05) is 0 Å². The normalized spacial score (nSPS) is 15.2. The fourth-order valence-corrected chi connectivity index (χ4v) is 3.03. The molecule has 0 aromatic carbocycles. The van der Waals surface area contributed by atoms with Gasteiger partial charge in [0.05, 0.1) is 11.6 Å². The van der Waals surface area contributed by atoms with Crippen molar-refractivity contribution in [3.05, 3.63) is 46.7 Å². The van der Waals surface area contributed by atoms with Gasteiger partial charge in [-0.2, -0.15) is 0 Å². The lowest BCUT2D eigenvalue weighted by atomic mass is 10.1. The Morgan fingerprint density at radius 1 is 1.17 bits per heavy atom. The topological polar surface area (TPSA) is 64.5 Å². The van der Waals surface area contributed by atoms with Crippen molar-refractivity contribution in [1.82, 2.24) is 14.9 Å². The Bertz CT molecular complexity index is 718. The molecule has 0 spiro atoms. The molecule has 7 heteroatoms. The number of rotatable bonds is 4. The van der Waals surface area contributed by atoms with Crippen molar-refractivity contribution >= 4 is 21.8 Å². The number of amides is 1. The molecule has 6 nitrogen and oxygen atoms in total. The van der Waals surface area contributed by atoms with E-state index in [4.69, 9.17) is 9.47 Å². The number of halogens is 1. The molecule has 1 saturated heterocycles. The van der Waals surface area contributed by atoms with Gasteiger partial charge in [0.15, 0.2) is 0 Å². The van der Waals surface area contributed by atoms with Crippen molar-refractivity contribution in [2.75, 3.05) is 20.2 Å². The lowest BCUT2D eigenvalue weighted by Gasteiger charge is -2.32. The van der Waals surface area contributed by atoms with Crippen molar-refractivity contribution in [3.8, 4) is 11.8 Å². The fraction of sp³-hybridized carbons (Fsp3) is 0.353. The second-order valence-electron chi connectivity index (χ2n) is 5.46. The summed E-state index contributed by atoms with van der Waals surface area (Å²) in [6.07, 6.45) is 4.89. The van der Waals surface area contributed by atoms with E-state index in [2.05, 4.69) is 25.9 Å². The summed E-state index contributed by atoms with van der Waals surface area (Å²) < 4.78 is 11.9. The van der Waals surface area contributed by atoms with Crippen LogP contribution < -0.4 is 9.47 Å². The molecule has 1 aliphatic rings. The molecule has 0 unspecified atom stereocenters. The molecule has 0 atom stereocenters. The van der Waals surface area contributed by atoms with Gasteiger partial charge in [-0.15, -0.1) is 0 Å². The molecule has 0 aliphatic carbocycles. The average molecular weight is 392 g/mol. The van der Waals surface area contributed by atoms with E-state index < -0.39 is 0 Å². The minimum Gasteiger partial charge on any atom is -0.480 e. The lowest BCUT2D eigenvalue weighted by molar-refractivity contribution is 0.0583. The number of pyridine rings is 2. The molecule has 1 fully saturated rings. The van der Waals surface area contributed by atoms with Gasteiger partial charge < -0.3 is 14.4 Å². The highest BCUT2D eigenvalue weighted by molar-refractivity contribution is 9.10. The summed E-state index contributed by atoms with van der Waals surface area (Å²) in [5.41, 5.74) is 0.492. The van der Waals surface area contributed by atoms with Crippen LogP contribution >= 0.6 is 15.9 Å². The number of hydrogen-bond donors (Lipinski definition) is 0. The maximum Gasteiger partial charge on any atom is 0.259 e. The van der Waals surface area contributed by atoms with Crippen LogP contribution in [0, 0.1) is 0 Å². The Balaban J connectivity index is 1.61. The maximum absolute atomic E-state index is 12.6. The van der Waals surface area contributed by atoms with Crippen LogP contribution in [-0.2, 0) is 0 Å². The van der Waals surface area contributed by atoms with Crippen molar-refractivity contribution in [2.45, 2.75) is 18.9 Å². The molecule has 2 aromatic rings. The summed E-state index contributed by atoms with van der Waals surface area (Å²) >= 11 is 3.43. The van der Waals surface area contributed by atoms with Crippen LogP contribution in [0.5, 0.6) is 11.8 Å². The minimum absolute atomic E-state index is 0.0519. The third-order valence-corrected chi connectivity index (χ3v) is 4.53. The van der Waals surface area contributed by atoms with E-state index in [9.17, 15) is 4.79 Å². The minimum atomic E-state index is -0.0579. The van der Waals surface area contributed by atoms with E-state index in [1.807, 2.05) is 17.0 Å². The molecule has 0 N–H and O–H groups in total. The molecule has 3 rings (SSSR count). The number of piperidine rings is 1.